The van der Waals surface area contributed by atoms with E-state index in [9.17, 15) is 0 Å². The lowest BCUT2D eigenvalue weighted by Gasteiger charge is -2.18. The Morgan fingerprint density at radius 3 is 1.47 bits per heavy atom. The van der Waals surface area contributed by atoms with Crippen molar-refractivity contribution in [1.29, 1.82) is 0 Å². The van der Waals surface area contributed by atoms with Crippen LogP contribution < -0.4 is 0 Å². The van der Waals surface area contributed by atoms with E-state index in [2.05, 4.69) is 0 Å². The number of hydrogen-bond donors (Lipinski definition) is 0. The second-order valence-electron chi connectivity index (χ2n) is 10.9. The molecule has 0 saturated heterocycles. The van der Waals surface area contributed by atoms with Crippen molar-refractivity contribution in [3.8, 4) is 44.5 Å². The fourth-order valence-corrected chi connectivity index (χ4v) is 6.49. The van der Waals surface area contributed by atoms with Gasteiger partial charge in [-0.15, -0.1) is 0 Å². The van der Waals surface area contributed by atoms with Gasteiger partial charge in [0, 0.05) is 16.3 Å². The van der Waals surface area contributed by atoms with Crippen molar-refractivity contribution < 1.29 is 18.1 Å². The highest BCUT2D eigenvalue weighted by atomic mass is 16.3. The smallest absolute Gasteiger partial charge is 0.143 e. The molecule has 9 aromatic rings. The lowest BCUT2D eigenvalue weighted by molar-refractivity contribution is 0.670. The van der Waals surface area contributed by atoms with Gasteiger partial charge >= 0.3 is 0 Å². The van der Waals surface area contributed by atoms with Crippen LogP contribution in [0.2, 0.25) is 0 Å². The van der Waals surface area contributed by atoms with Gasteiger partial charge in [-0.25, -0.2) is 0 Å². The summed E-state index contributed by atoms with van der Waals surface area (Å²) in [5, 5.41) is 5.30. The van der Waals surface area contributed by atoms with Crippen LogP contribution in [0.3, 0.4) is 0 Å². The number of rotatable bonds is 4. The van der Waals surface area contributed by atoms with Gasteiger partial charge in [-0.2, -0.15) is 0 Å². The Morgan fingerprint density at radius 2 is 0.867 bits per heavy atom. The van der Waals surface area contributed by atoms with E-state index in [1.165, 1.54) is 0 Å². The molecule has 1 heterocycles. The minimum Gasteiger partial charge on any atom is -0.455 e. The third kappa shape index (κ3) is 4.17. The van der Waals surface area contributed by atoms with E-state index in [1.54, 1.807) is 12.1 Å². The Labute approximate surface area is 275 Å². The van der Waals surface area contributed by atoms with Crippen molar-refractivity contribution in [2.45, 2.75) is 0 Å². The quantitative estimate of drug-likeness (QED) is 0.188. The first-order valence-corrected chi connectivity index (χ1v) is 14.6. The molecule has 0 N–H and O–H groups in total. The molecular formula is C44H28O. The van der Waals surface area contributed by atoms with Gasteiger partial charge in [-0.1, -0.05) is 151 Å². The van der Waals surface area contributed by atoms with Gasteiger partial charge in [0.1, 0.15) is 11.2 Å². The Hall–Kier alpha value is -5.92. The molecule has 9 rings (SSSR count). The molecule has 0 atom stereocenters. The molecule has 0 aliphatic rings. The maximum Gasteiger partial charge on any atom is 0.143 e. The monoisotopic (exact) mass is 582 g/mol. The minimum absolute atomic E-state index is 0.0568. The Bertz CT molecular complexity index is 2980. The number of benzene rings is 8. The third-order valence-electron chi connectivity index (χ3n) is 8.43. The van der Waals surface area contributed by atoms with Crippen LogP contribution in [-0.2, 0) is 0 Å². The first kappa shape index (κ1) is 17.4. The van der Waals surface area contributed by atoms with Crippen LogP contribution >= 0.6 is 0 Å². The van der Waals surface area contributed by atoms with Crippen molar-refractivity contribution in [3.63, 3.8) is 0 Å². The van der Waals surface area contributed by atoms with Gasteiger partial charge in [0.15, 0.2) is 0 Å². The molecule has 1 aromatic heterocycles. The highest BCUT2D eigenvalue weighted by Gasteiger charge is 2.20. The SMILES string of the molecule is [2H]c1c([2H])c([2H])c(-c2ccc(-c3c4ccccc4c(-c4cc(-c5c([2H])c([2H])c([2H])c([2H])c5[2H])c5oc6ccccc6c5c4)c4ccccc34)cc2)c([2H])c1[2H]. The summed E-state index contributed by atoms with van der Waals surface area (Å²) in [5.41, 5.74) is 5.61. The van der Waals surface area contributed by atoms with Gasteiger partial charge in [0.25, 0.3) is 0 Å². The Kier molecular flexibility index (Phi) is 4.01. The van der Waals surface area contributed by atoms with Gasteiger partial charge in [0.05, 0.1) is 13.7 Å². The molecule has 0 unspecified atom stereocenters. The molecule has 0 spiro atoms. The summed E-state index contributed by atoms with van der Waals surface area (Å²) in [6.07, 6.45) is 0. The zero-order valence-electron chi connectivity index (χ0n) is 33.8. The first-order valence-electron chi connectivity index (χ1n) is 19.6. The predicted octanol–water partition coefficient (Wildman–Crippen LogP) is 12.6. The summed E-state index contributed by atoms with van der Waals surface area (Å²) in [7, 11) is 0. The standard InChI is InChI=1S/C44H28O/c1-3-13-29(14-4-1)30-23-25-32(26-24-30)42-35-18-7-9-20-37(35)43(38-21-10-8-19-36(38)42)33-27-39(31-15-5-2-6-16-31)44-40(28-33)34-17-11-12-22-41(34)45-44/h1-28H/i1D,2D,3D,4D,5D,6D,13D,14D,15D,16D. The molecule has 0 saturated carbocycles. The summed E-state index contributed by atoms with van der Waals surface area (Å²) in [4.78, 5) is 0. The predicted molar refractivity (Wildman–Crippen MR) is 190 cm³/mol. The largest absolute Gasteiger partial charge is 0.455 e. The van der Waals surface area contributed by atoms with Crippen molar-refractivity contribution in [3.05, 3.63) is 170 Å². The maximum absolute atomic E-state index is 8.91. The van der Waals surface area contributed by atoms with Crippen LogP contribution in [0.5, 0.6) is 0 Å². The number of para-hydroxylation sites is 1. The average Bonchev–Trinajstić information content (AvgIpc) is 3.59. The zero-order chi connectivity index (χ0) is 38.4. The zero-order valence-corrected chi connectivity index (χ0v) is 23.8. The lowest BCUT2D eigenvalue weighted by atomic mass is 9.84. The fraction of sp³-hybridized carbons (Fsp3) is 0. The van der Waals surface area contributed by atoms with Crippen LogP contribution in [0, 0.1) is 0 Å². The molecule has 1 nitrogen and oxygen atoms in total. The van der Waals surface area contributed by atoms with E-state index < -0.39 is 24.2 Å². The summed E-state index contributed by atoms with van der Waals surface area (Å²) >= 11 is 0. The molecule has 210 valence electrons. The Balaban J connectivity index is 1.34. The van der Waals surface area contributed by atoms with E-state index in [1.807, 2.05) is 97.1 Å². The second-order valence-corrected chi connectivity index (χ2v) is 10.9. The molecule has 0 fully saturated rings. The fourth-order valence-electron chi connectivity index (χ4n) is 6.49. The van der Waals surface area contributed by atoms with Crippen LogP contribution in [0.4, 0.5) is 0 Å². The topological polar surface area (TPSA) is 13.1 Å². The third-order valence-corrected chi connectivity index (χ3v) is 8.43. The molecule has 0 aliphatic carbocycles. The van der Waals surface area contributed by atoms with E-state index in [-0.39, 0.29) is 47.4 Å². The van der Waals surface area contributed by atoms with Crippen molar-refractivity contribution in [1.82, 2.24) is 0 Å². The molecule has 0 radical (unpaired) electrons. The molecule has 1 heteroatoms. The van der Waals surface area contributed by atoms with Gasteiger partial charge in [0.2, 0.25) is 0 Å². The summed E-state index contributed by atoms with van der Waals surface area (Å²) in [6, 6.07) is 31.2. The summed E-state index contributed by atoms with van der Waals surface area (Å²) < 4.78 is 90.7. The molecule has 0 amide bonds. The van der Waals surface area contributed by atoms with E-state index in [0.717, 1.165) is 54.6 Å². The van der Waals surface area contributed by atoms with Gasteiger partial charge in [-0.05, 0) is 78.7 Å². The van der Waals surface area contributed by atoms with Crippen LogP contribution in [-0.4, -0.2) is 0 Å². The molecular weight excluding hydrogens is 544 g/mol. The number of hydrogen-bond acceptors (Lipinski definition) is 1. The summed E-state index contributed by atoms with van der Waals surface area (Å²) in [5.74, 6) is 0. The van der Waals surface area contributed by atoms with E-state index >= 15 is 0 Å². The Morgan fingerprint density at radius 1 is 0.378 bits per heavy atom. The normalized spacial score (nSPS) is 14.7. The molecule has 0 bridgehead atoms. The van der Waals surface area contributed by atoms with Crippen LogP contribution in [0.25, 0.3) is 88.0 Å². The maximum atomic E-state index is 8.91. The minimum atomic E-state index is -0.468. The number of furan rings is 1. The van der Waals surface area contributed by atoms with E-state index in [0.29, 0.717) is 22.3 Å². The second kappa shape index (κ2) is 10.4. The number of fused-ring (bicyclic) bond motifs is 5. The van der Waals surface area contributed by atoms with Crippen molar-refractivity contribution in [2.75, 3.05) is 0 Å². The van der Waals surface area contributed by atoms with Crippen LogP contribution in [0.1, 0.15) is 13.7 Å². The highest BCUT2D eigenvalue weighted by Crippen LogP contribution is 2.46. The molecule has 8 aromatic carbocycles. The van der Waals surface area contributed by atoms with Gasteiger partial charge < -0.3 is 4.42 Å². The average molecular weight is 583 g/mol. The highest BCUT2D eigenvalue weighted by molar-refractivity contribution is 6.23. The lowest BCUT2D eigenvalue weighted by Crippen LogP contribution is -1.91. The molecule has 0 aliphatic heterocycles. The molecule has 45 heavy (non-hydrogen) atoms. The first-order chi connectivity index (χ1) is 26.5. The van der Waals surface area contributed by atoms with Crippen LogP contribution in [0.15, 0.2) is 174 Å². The van der Waals surface area contributed by atoms with Crippen molar-refractivity contribution in [2.24, 2.45) is 0 Å². The summed E-state index contributed by atoms with van der Waals surface area (Å²) in [6.45, 7) is 0. The van der Waals surface area contributed by atoms with Gasteiger partial charge in [-0.3, -0.25) is 0 Å². The van der Waals surface area contributed by atoms with Crippen molar-refractivity contribution >= 4 is 43.5 Å². The van der Waals surface area contributed by atoms with E-state index in [4.69, 9.17) is 18.1 Å².